The van der Waals surface area contributed by atoms with E-state index in [9.17, 15) is 9.59 Å². The lowest BCUT2D eigenvalue weighted by Gasteiger charge is -2.19. The maximum absolute atomic E-state index is 11.7. The molecule has 0 aromatic carbocycles. The van der Waals surface area contributed by atoms with Crippen LogP contribution in [-0.4, -0.2) is 28.6 Å². The molecule has 19 heavy (non-hydrogen) atoms. The number of aryl methyl sites for hydroxylation is 2. The van der Waals surface area contributed by atoms with Crippen molar-refractivity contribution >= 4 is 28.5 Å². The third-order valence-corrected chi connectivity index (χ3v) is 4.16. The van der Waals surface area contributed by atoms with Crippen LogP contribution >= 0.6 is 11.3 Å². The fourth-order valence-electron chi connectivity index (χ4n) is 1.76. The summed E-state index contributed by atoms with van der Waals surface area (Å²) in [6.07, 6.45) is 3.14. The molecule has 0 unspecified atom stereocenters. The summed E-state index contributed by atoms with van der Waals surface area (Å²) in [5.74, 6) is -0.943. The summed E-state index contributed by atoms with van der Waals surface area (Å²) in [6, 6.07) is -0.415. The van der Waals surface area contributed by atoms with Crippen molar-refractivity contribution in [2.24, 2.45) is 5.41 Å². The van der Waals surface area contributed by atoms with Crippen molar-refractivity contribution in [3.63, 3.8) is 0 Å². The zero-order valence-electron chi connectivity index (χ0n) is 10.9. The molecule has 1 aromatic rings. The first-order valence-corrected chi connectivity index (χ1v) is 6.97. The number of amides is 2. The van der Waals surface area contributed by atoms with Crippen molar-refractivity contribution in [2.75, 3.05) is 11.9 Å². The van der Waals surface area contributed by atoms with Crippen LogP contribution in [0.15, 0.2) is 0 Å². The minimum absolute atomic E-state index is 0.0687. The summed E-state index contributed by atoms with van der Waals surface area (Å²) in [6.45, 7) is 3.19. The van der Waals surface area contributed by atoms with Crippen LogP contribution < -0.4 is 10.6 Å². The molecule has 0 fully saturated rings. The van der Waals surface area contributed by atoms with Crippen LogP contribution in [0.1, 0.15) is 30.8 Å². The van der Waals surface area contributed by atoms with Gasteiger partial charge in [0.1, 0.15) is 0 Å². The number of aliphatic carboxylic acids is 1. The number of aromatic nitrogens is 1. The highest BCUT2D eigenvalue weighted by atomic mass is 32.1. The molecule has 1 heterocycles. The number of rotatable bonds is 4. The lowest BCUT2D eigenvalue weighted by Crippen LogP contribution is -2.40. The van der Waals surface area contributed by atoms with Gasteiger partial charge in [0, 0.05) is 11.4 Å². The first-order chi connectivity index (χ1) is 8.88. The third-order valence-electron chi connectivity index (χ3n) is 3.09. The van der Waals surface area contributed by atoms with E-state index in [2.05, 4.69) is 15.6 Å². The third kappa shape index (κ3) is 3.23. The monoisotopic (exact) mass is 283 g/mol. The Morgan fingerprint density at radius 2 is 2.16 bits per heavy atom. The number of fused-ring (bicyclic) bond motifs is 1. The van der Waals surface area contributed by atoms with Gasteiger partial charge in [-0.15, -0.1) is 11.3 Å². The summed E-state index contributed by atoms with van der Waals surface area (Å²) < 4.78 is 0. The minimum atomic E-state index is -0.984. The molecule has 0 saturated carbocycles. The van der Waals surface area contributed by atoms with E-state index in [1.165, 1.54) is 16.2 Å². The van der Waals surface area contributed by atoms with E-state index in [0.717, 1.165) is 25.0 Å². The second-order valence-electron chi connectivity index (χ2n) is 5.24. The van der Waals surface area contributed by atoms with Crippen LogP contribution in [0.4, 0.5) is 9.93 Å². The average Bonchev–Trinajstić information content (AvgIpc) is 2.86. The Hall–Kier alpha value is -1.63. The Morgan fingerprint density at radius 1 is 1.42 bits per heavy atom. The van der Waals surface area contributed by atoms with Gasteiger partial charge in [0.2, 0.25) is 0 Å². The number of nitrogens with zero attached hydrogens (tertiary/aromatic N) is 1. The predicted molar refractivity (Wildman–Crippen MR) is 72.6 cm³/mol. The molecule has 7 heteroatoms. The molecule has 104 valence electrons. The molecule has 3 N–H and O–H groups in total. The fraction of sp³-hybridized carbons (Fsp3) is 0.583. The molecular weight excluding hydrogens is 266 g/mol. The van der Waals surface area contributed by atoms with Gasteiger partial charge in [-0.2, -0.15) is 0 Å². The van der Waals surface area contributed by atoms with Gasteiger partial charge in [-0.05, 0) is 33.1 Å². The van der Waals surface area contributed by atoms with Gasteiger partial charge < -0.3 is 10.4 Å². The Morgan fingerprint density at radius 3 is 2.79 bits per heavy atom. The van der Waals surface area contributed by atoms with Crippen molar-refractivity contribution in [3.8, 4) is 0 Å². The molecule has 0 aliphatic heterocycles. The summed E-state index contributed by atoms with van der Waals surface area (Å²) in [5.41, 5.74) is 0.0910. The smallest absolute Gasteiger partial charge is 0.321 e. The number of carboxylic acid groups (broad SMARTS) is 1. The summed E-state index contributed by atoms with van der Waals surface area (Å²) in [7, 11) is 0. The van der Waals surface area contributed by atoms with Gasteiger partial charge in [-0.25, -0.2) is 9.78 Å². The maximum Gasteiger partial charge on any atom is 0.321 e. The molecular formula is C12H17N3O3S. The maximum atomic E-state index is 11.7. The largest absolute Gasteiger partial charge is 0.481 e. The van der Waals surface area contributed by atoms with Gasteiger partial charge in [-0.3, -0.25) is 10.1 Å². The van der Waals surface area contributed by atoms with Crippen molar-refractivity contribution in [1.29, 1.82) is 0 Å². The number of nitrogens with one attached hydrogen (secondary N) is 2. The molecule has 6 nitrogen and oxygen atoms in total. The SMILES string of the molecule is CC(C)(CNC(=O)Nc1nc2c(s1)CCC2)C(=O)O. The number of carbonyl (C=O) groups excluding carboxylic acids is 1. The molecule has 0 bridgehead atoms. The van der Waals surface area contributed by atoms with Crippen molar-refractivity contribution in [1.82, 2.24) is 10.3 Å². The molecule has 0 saturated heterocycles. The highest BCUT2D eigenvalue weighted by Crippen LogP contribution is 2.30. The second kappa shape index (κ2) is 5.16. The Labute approximate surface area is 115 Å². The Bertz CT molecular complexity index is 489. The summed E-state index contributed by atoms with van der Waals surface area (Å²) >= 11 is 1.49. The van der Waals surface area contributed by atoms with Crippen molar-refractivity contribution < 1.29 is 14.7 Å². The molecule has 1 aromatic heterocycles. The number of urea groups is 1. The van der Waals surface area contributed by atoms with E-state index in [-0.39, 0.29) is 6.54 Å². The number of thiazole rings is 1. The first-order valence-electron chi connectivity index (χ1n) is 6.15. The molecule has 0 radical (unpaired) electrons. The van der Waals surface area contributed by atoms with Crippen LogP contribution in [0.2, 0.25) is 0 Å². The van der Waals surface area contributed by atoms with E-state index >= 15 is 0 Å². The predicted octanol–water partition coefficient (Wildman–Crippen LogP) is 1.86. The zero-order valence-corrected chi connectivity index (χ0v) is 11.8. The Kier molecular flexibility index (Phi) is 3.75. The van der Waals surface area contributed by atoms with Gasteiger partial charge in [0.15, 0.2) is 5.13 Å². The van der Waals surface area contributed by atoms with Crippen LogP contribution in [0, 0.1) is 5.41 Å². The van der Waals surface area contributed by atoms with E-state index < -0.39 is 17.4 Å². The normalized spacial score (nSPS) is 14.0. The van der Waals surface area contributed by atoms with Crippen molar-refractivity contribution in [2.45, 2.75) is 33.1 Å². The van der Waals surface area contributed by atoms with E-state index in [1.54, 1.807) is 13.8 Å². The lowest BCUT2D eigenvalue weighted by atomic mass is 9.94. The highest BCUT2D eigenvalue weighted by Gasteiger charge is 2.27. The lowest BCUT2D eigenvalue weighted by molar-refractivity contribution is -0.146. The quantitative estimate of drug-likeness (QED) is 0.786. The fourth-order valence-corrected chi connectivity index (χ4v) is 2.81. The van der Waals surface area contributed by atoms with Crippen LogP contribution in [0.5, 0.6) is 0 Å². The topological polar surface area (TPSA) is 91.3 Å². The molecule has 2 rings (SSSR count). The molecule has 1 aliphatic carbocycles. The summed E-state index contributed by atoms with van der Waals surface area (Å²) in [4.78, 5) is 28.1. The van der Waals surface area contributed by atoms with Crippen LogP contribution in [-0.2, 0) is 17.6 Å². The first kappa shape index (κ1) is 13.8. The Balaban J connectivity index is 1.86. The molecule has 2 amide bonds. The second-order valence-corrected chi connectivity index (χ2v) is 6.32. The number of hydrogen-bond acceptors (Lipinski definition) is 4. The number of carboxylic acids is 1. The van der Waals surface area contributed by atoms with Crippen LogP contribution in [0.3, 0.4) is 0 Å². The van der Waals surface area contributed by atoms with Crippen LogP contribution in [0.25, 0.3) is 0 Å². The standard InChI is InChI=1S/C12H17N3O3S/c1-12(2,9(16)17)6-13-10(18)15-11-14-7-4-3-5-8(7)19-11/h3-6H2,1-2H3,(H,16,17)(H2,13,14,15,18). The number of hydrogen-bond donors (Lipinski definition) is 3. The van der Waals surface area contributed by atoms with E-state index in [1.807, 2.05) is 0 Å². The molecule has 0 atom stereocenters. The minimum Gasteiger partial charge on any atom is -0.481 e. The van der Waals surface area contributed by atoms with Crippen molar-refractivity contribution in [3.05, 3.63) is 10.6 Å². The highest BCUT2D eigenvalue weighted by molar-refractivity contribution is 7.15. The van der Waals surface area contributed by atoms with Gasteiger partial charge in [0.05, 0.1) is 11.1 Å². The molecule has 1 aliphatic rings. The average molecular weight is 283 g/mol. The van der Waals surface area contributed by atoms with Gasteiger partial charge in [-0.1, -0.05) is 0 Å². The summed E-state index contributed by atoms with van der Waals surface area (Å²) in [5, 5.41) is 14.7. The van der Waals surface area contributed by atoms with Gasteiger partial charge >= 0.3 is 12.0 Å². The number of carbonyl (C=O) groups is 2. The number of anilines is 1. The molecule has 0 spiro atoms. The van der Waals surface area contributed by atoms with E-state index in [4.69, 9.17) is 5.11 Å². The van der Waals surface area contributed by atoms with E-state index in [0.29, 0.717) is 5.13 Å². The zero-order chi connectivity index (χ0) is 14.0. The van der Waals surface area contributed by atoms with Gasteiger partial charge in [0.25, 0.3) is 0 Å².